The molecule has 2 nitrogen and oxygen atoms in total. The zero-order valence-electron chi connectivity index (χ0n) is 5.44. The van der Waals surface area contributed by atoms with E-state index in [1.807, 2.05) is 0 Å². The van der Waals surface area contributed by atoms with Crippen molar-refractivity contribution in [1.82, 2.24) is 4.98 Å². The Morgan fingerprint density at radius 1 is 1.00 bits per heavy atom. The first-order valence-corrected chi connectivity index (χ1v) is 4.24. The van der Waals surface area contributed by atoms with E-state index in [-0.39, 0.29) is 25.9 Å². The molecule has 0 saturated carbocycles. The summed E-state index contributed by atoms with van der Waals surface area (Å²) in [7, 11) is 0. The van der Waals surface area contributed by atoms with Gasteiger partial charge in [0, 0.05) is 0 Å². The van der Waals surface area contributed by atoms with E-state index in [0.29, 0.717) is 6.29 Å². The summed E-state index contributed by atoms with van der Waals surface area (Å²) in [6.07, 6.45) is 0.472. The number of hydrogen-bond acceptors (Lipinski definition) is 2. The van der Waals surface area contributed by atoms with Crippen molar-refractivity contribution < 1.29 is 4.79 Å². The second-order valence-corrected chi connectivity index (χ2v) is 3.32. The van der Waals surface area contributed by atoms with Gasteiger partial charge in [0.1, 0.15) is 5.15 Å². The van der Waals surface area contributed by atoms with Crippen LogP contribution in [0, 0.1) is 0 Å². The number of carbonyl (C=O) groups is 1. The first-order chi connectivity index (χ1) is 5.57. The molecule has 0 aliphatic carbocycles. The lowest BCUT2D eigenvalue weighted by atomic mass is 10.3. The molecule has 12 heavy (non-hydrogen) atoms. The van der Waals surface area contributed by atoms with Crippen molar-refractivity contribution in [2.45, 2.75) is 0 Å². The van der Waals surface area contributed by atoms with Gasteiger partial charge in [0.05, 0.1) is 15.6 Å². The molecular formula is C6HCl4NO. The quantitative estimate of drug-likeness (QED) is 0.559. The molecule has 0 spiro atoms. The molecule has 0 aromatic carbocycles. The lowest BCUT2D eigenvalue weighted by Gasteiger charge is -2.02. The van der Waals surface area contributed by atoms with Crippen LogP contribution in [0.15, 0.2) is 0 Å². The minimum absolute atomic E-state index is 0.0164. The van der Waals surface area contributed by atoms with Crippen LogP contribution in [0.1, 0.15) is 10.4 Å². The molecule has 1 heterocycles. The highest BCUT2D eigenvalue weighted by Crippen LogP contribution is 2.33. The van der Waals surface area contributed by atoms with Gasteiger partial charge in [0.2, 0.25) is 0 Å². The van der Waals surface area contributed by atoms with Gasteiger partial charge in [-0.05, 0) is 0 Å². The van der Waals surface area contributed by atoms with Gasteiger partial charge >= 0.3 is 0 Å². The smallest absolute Gasteiger partial charge is 0.154 e. The van der Waals surface area contributed by atoms with Gasteiger partial charge in [0.15, 0.2) is 11.4 Å². The molecule has 0 amide bonds. The summed E-state index contributed by atoms with van der Waals surface area (Å²) in [6.45, 7) is 0. The molecule has 1 aromatic heterocycles. The Morgan fingerprint density at radius 3 is 2.08 bits per heavy atom. The summed E-state index contributed by atoms with van der Waals surface area (Å²) in [5, 5.41) is -0.0110. The fourth-order valence-electron chi connectivity index (χ4n) is 0.595. The number of nitrogens with zero attached hydrogens (tertiary/aromatic N) is 1. The standard InChI is InChI=1S/C6HCl4NO/c7-3-2(1-12)5(9)11-6(10)4(3)8/h1H. The van der Waals surface area contributed by atoms with Gasteiger partial charge in [-0.15, -0.1) is 0 Å². The van der Waals surface area contributed by atoms with Crippen LogP contribution in [0.2, 0.25) is 20.4 Å². The van der Waals surface area contributed by atoms with Crippen LogP contribution >= 0.6 is 46.4 Å². The van der Waals surface area contributed by atoms with Crippen molar-refractivity contribution in [2.75, 3.05) is 0 Å². The van der Waals surface area contributed by atoms with Gasteiger partial charge in [-0.2, -0.15) is 0 Å². The zero-order chi connectivity index (χ0) is 9.30. The normalized spacial score (nSPS) is 10.0. The molecular weight excluding hydrogens is 244 g/mol. The first-order valence-electron chi connectivity index (χ1n) is 2.73. The number of pyridine rings is 1. The van der Waals surface area contributed by atoms with Crippen LogP contribution in [0.4, 0.5) is 0 Å². The second kappa shape index (κ2) is 3.79. The molecule has 0 saturated heterocycles. The molecule has 0 unspecified atom stereocenters. The molecule has 1 rings (SSSR count). The third-order valence-electron chi connectivity index (χ3n) is 1.15. The molecule has 64 valence electrons. The zero-order valence-corrected chi connectivity index (χ0v) is 8.47. The SMILES string of the molecule is O=Cc1c(Cl)nc(Cl)c(Cl)c1Cl. The van der Waals surface area contributed by atoms with Crippen LogP contribution in [-0.2, 0) is 0 Å². The number of carbonyl (C=O) groups excluding carboxylic acids is 1. The van der Waals surface area contributed by atoms with E-state index in [1.165, 1.54) is 0 Å². The summed E-state index contributed by atoms with van der Waals surface area (Å²) in [5.74, 6) is 0. The van der Waals surface area contributed by atoms with E-state index in [1.54, 1.807) is 0 Å². The Labute approximate surface area is 88.4 Å². The van der Waals surface area contributed by atoms with E-state index in [2.05, 4.69) is 4.98 Å². The van der Waals surface area contributed by atoms with E-state index in [0.717, 1.165) is 0 Å². The van der Waals surface area contributed by atoms with E-state index < -0.39 is 0 Å². The summed E-state index contributed by atoms with van der Waals surface area (Å²) in [4.78, 5) is 14.0. The third kappa shape index (κ3) is 1.67. The Balaban J connectivity index is 3.51. The van der Waals surface area contributed by atoms with Crippen molar-refractivity contribution >= 4 is 52.7 Å². The number of aromatic nitrogens is 1. The molecule has 0 fully saturated rings. The molecule has 0 aliphatic heterocycles. The average Bonchev–Trinajstić information content (AvgIpc) is 2.01. The van der Waals surface area contributed by atoms with Crippen molar-refractivity contribution in [2.24, 2.45) is 0 Å². The molecule has 0 N–H and O–H groups in total. The maximum absolute atomic E-state index is 10.4. The topological polar surface area (TPSA) is 30.0 Å². The lowest BCUT2D eigenvalue weighted by molar-refractivity contribution is 0.112. The van der Waals surface area contributed by atoms with Gasteiger partial charge in [-0.3, -0.25) is 4.79 Å². The summed E-state index contributed by atoms with van der Waals surface area (Å²) in [5.41, 5.74) is 0.0488. The molecule has 0 radical (unpaired) electrons. The molecule has 6 heteroatoms. The van der Waals surface area contributed by atoms with Gasteiger partial charge < -0.3 is 0 Å². The summed E-state index contributed by atoms with van der Waals surface area (Å²) >= 11 is 22.3. The Kier molecular flexibility index (Phi) is 3.18. The van der Waals surface area contributed by atoms with E-state index >= 15 is 0 Å². The molecule has 0 atom stereocenters. The monoisotopic (exact) mass is 243 g/mol. The number of halogens is 4. The van der Waals surface area contributed by atoms with Crippen molar-refractivity contribution in [3.8, 4) is 0 Å². The number of hydrogen-bond donors (Lipinski definition) is 0. The van der Waals surface area contributed by atoms with Gasteiger partial charge in [-0.1, -0.05) is 46.4 Å². The predicted octanol–water partition coefficient (Wildman–Crippen LogP) is 3.51. The highest BCUT2D eigenvalue weighted by molar-refractivity contribution is 6.49. The maximum Gasteiger partial charge on any atom is 0.154 e. The van der Waals surface area contributed by atoms with E-state index in [9.17, 15) is 4.79 Å². The fourth-order valence-corrected chi connectivity index (χ4v) is 1.51. The summed E-state index contributed by atoms with van der Waals surface area (Å²) < 4.78 is 0. The number of aldehydes is 1. The minimum Gasteiger partial charge on any atom is -0.298 e. The molecule has 1 aromatic rings. The van der Waals surface area contributed by atoms with Crippen molar-refractivity contribution in [1.29, 1.82) is 0 Å². The molecule has 0 bridgehead atoms. The lowest BCUT2D eigenvalue weighted by Crippen LogP contribution is -1.90. The maximum atomic E-state index is 10.4. The van der Waals surface area contributed by atoms with Gasteiger partial charge in [-0.25, -0.2) is 4.98 Å². The first kappa shape index (κ1) is 10.1. The Hall–Kier alpha value is -0.0200. The van der Waals surface area contributed by atoms with Crippen LogP contribution in [-0.4, -0.2) is 11.3 Å². The Bertz CT molecular complexity index is 339. The van der Waals surface area contributed by atoms with Crippen molar-refractivity contribution in [3.63, 3.8) is 0 Å². The fraction of sp³-hybridized carbons (Fsp3) is 0. The third-order valence-corrected chi connectivity index (χ3v) is 2.66. The number of rotatable bonds is 1. The molecule has 0 aliphatic rings. The second-order valence-electron chi connectivity index (χ2n) is 1.85. The van der Waals surface area contributed by atoms with Crippen molar-refractivity contribution in [3.05, 3.63) is 25.9 Å². The van der Waals surface area contributed by atoms with Crippen LogP contribution in [0.5, 0.6) is 0 Å². The minimum atomic E-state index is -0.0515. The van der Waals surface area contributed by atoms with Crippen LogP contribution < -0.4 is 0 Å². The average molecular weight is 245 g/mol. The van der Waals surface area contributed by atoms with Gasteiger partial charge in [0.25, 0.3) is 0 Å². The summed E-state index contributed by atoms with van der Waals surface area (Å²) in [6, 6.07) is 0. The highest BCUT2D eigenvalue weighted by atomic mass is 35.5. The van der Waals surface area contributed by atoms with E-state index in [4.69, 9.17) is 46.4 Å². The van der Waals surface area contributed by atoms with Crippen LogP contribution in [0.25, 0.3) is 0 Å². The van der Waals surface area contributed by atoms with Crippen LogP contribution in [0.3, 0.4) is 0 Å². The predicted molar refractivity (Wildman–Crippen MR) is 49.7 cm³/mol. The largest absolute Gasteiger partial charge is 0.298 e. The Morgan fingerprint density at radius 2 is 1.58 bits per heavy atom. The highest BCUT2D eigenvalue weighted by Gasteiger charge is 2.13.